The maximum absolute atomic E-state index is 13.4. The van der Waals surface area contributed by atoms with E-state index in [1.165, 1.54) is 6.42 Å². The molecule has 0 N–H and O–H groups in total. The number of piperidine rings is 1. The van der Waals surface area contributed by atoms with E-state index in [-0.39, 0.29) is 5.56 Å². The first-order valence-electron chi connectivity index (χ1n) is 10.2. The van der Waals surface area contributed by atoms with Crippen molar-refractivity contribution in [3.63, 3.8) is 0 Å². The van der Waals surface area contributed by atoms with Gasteiger partial charge >= 0.3 is 0 Å². The van der Waals surface area contributed by atoms with Gasteiger partial charge in [0.15, 0.2) is 0 Å². The number of anilines is 1. The molecule has 6 nitrogen and oxygen atoms in total. The van der Waals surface area contributed by atoms with Crippen LogP contribution in [0, 0.1) is 11.3 Å². The molecule has 1 aliphatic heterocycles. The largest absolute Gasteiger partial charge is 0.342 e. The fourth-order valence-corrected chi connectivity index (χ4v) is 3.70. The highest BCUT2D eigenvalue weighted by Gasteiger charge is 2.19. The quantitative estimate of drug-likeness (QED) is 0.656. The highest BCUT2D eigenvalue weighted by atomic mass is 16.1. The number of nitriles is 1. The Morgan fingerprint density at radius 2 is 1.87 bits per heavy atom. The SMILES string of the molecule is N#Cc1ccccc1Cn1c(N2CCCCC2)ncc(/C=C/c2cccnc2)c1=O. The Morgan fingerprint density at radius 1 is 1.03 bits per heavy atom. The second kappa shape index (κ2) is 9.19. The van der Waals surface area contributed by atoms with Gasteiger partial charge < -0.3 is 4.90 Å². The van der Waals surface area contributed by atoms with Crippen molar-refractivity contribution in [1.82, 2.24) is 14.5 Å². The van der Waals surface area contributed by atoms with Crippen molar-refractivity contribution in [2.45, 2.75) is 25.8 Å². The van der Waals surface area contributed by atoms with Crippen LogP contribution in [0.3, 0.4) is 0 Å². The molecule has 30 heavy (non-hydrogen) atoms. The minimum absolute atomic E-state index is 0.113. The van der Waals surface area contributed by atoms with Crippen molar-refractivity contribution >= 4 is 18.1 Å². The van der Waals surface area contributed by atoms with Crippen LogP contribution in [-0.4, -0.2) is 27.6 Å². The van der Waals surface area contributed by atoms with Gasteiger partial charge in [-0.15, -0.1) is 0 Å². The van der Waals surface area contributed by atoms with E-state index in [0.717, 1.165) is 37.1 Å². The summed E-state index contributed by atoms with van der Waals surface area (Å²) in [5.41, 5.74) is 2.70. The van der Waals surface area contributed by atoms with Crippen LogP contribution in [0.25, 0.3) is 12.2 Å². The summed E-state index contributed by atoms with van der Waals surface area (Å²) in [6.45, 7) is 2.09. The molecular weight excluding hydrogens is 374 g/mol. The first-order valence-corrected chi connectivity index (χ1v) is 10.2. The molecule has 3 heterocycles. The molecule has 0 unspecified atom stereocenters. The molecule has 0 bridgehead atoms. The maximum Gasteiger partial charge on any atom is 0.262 e. The van der Waals surface area contributed by atoms with E-state index in [0.29, 0.717) is 23.6 Å². The van der Waals surface area contributed by atoms with E-state index in [1.807, 2.05) is 36.4 Å². The van der Waals surface area contributed by atoms with Gasteiger partial charge in [-0.05, 0) is 48.6 Å². The topological polar surface area (TPSA) is 74.8 Å². The molecule has 1 aliphatic rings. The molecule has 0 atom stereocenters. The Balaban J connectivity index is 1.76. The number of hydrogen-bond acceptors (Lipinski definition) is 5. The summed E-state index contributed by atoms with van der Waals surface area (Å²) in [5, 5.41) is 9.47. The number of benzene rings is 1. The summed E-state index contributed by atoms with van der Waals surface area (Å²) in [4.78, 5) is 24.3. The van der Waals surface area contributed by atoms with Gasteiger partial charge in [0.25, 0.3) is 5.56 Å². The van der Waals surface area contributed by atoms with Crippen LogP contribution in [0.1, 0.15) is 41.5 Å². The van der Waals surface area contributed by atoms with E-state index in [2.05, 4.69) is 20.9 Å². The molecule has 1 fully saturated rings. The summed E-state index contributed by atoms with van der Waals surface area (Å²) in [6.07, 6.45) is 12.1. The molecule has 0 spiro atoms. The molecule has 1 aromatic carbocycles. The van der Waals surface area contributed by atoms with E-state index in [9.17, 15) is 10.1 Å². The third kappa shape index (κ3) is 4.31. The van der Waals surface area contributed by atoms with E-state index < -0.39 is 0 Å². The van der Waals surface area contributed by atoms with Crippen LogP contribution in [0.15, 0.2) is 59.8 Å². The van der Waals surface area contributed by atoms with Crippen LogP contribution in [0.2, 0.25) is 0 Å². The van der Waals surface area contributed by atoms with Gasteiger partial charge in [0, 0.05) is 31.7 Å². The summed E-state index contributed by atoms with van der Waals surface area (Å²) in [7, 11) is 0. The lowest BCUT2D eigenvalue weighted by Crippen LogP contribution is -2.37. The fourth-order valence-electron chi connectivity index (χ4n) is 3.70. The molecule has 2 aromatic heterocycles. The minimum Gasteiger partial charge on any atom is -0.342 e. The fraction of sp³-hybridized carbons (Fsp3) is 0.250. The Morgan fingerprint density at radius 3 is 2.63 bits per heavy atom. The first kappa shape index (κ1) is 19.6. The Hall–Kier alpha value is -3.72. The molecule has 0 amide bonds. The second-order valence-electron chi connectivity index (χ2n) is 7.34. The predicted octanol–water partition coefficient (Wildman–Crippen LogP) is 3.72. The van der Waals surface area contributed by atoms with Gasteiger partial charge in [-0.2, -0.15) is 5.26 Å². The van der Waals surface area contributed by atoms with Crippen LogP contribution >= 0.6 is 0 Å². The lowest BCUT2D eigenvalue weighted by molar-refractivity contribution is 0.551. The highest BCUT2D eigenvalue weighted by Crippen LogP contribution is 2.19. The standard InChI is InChI=1S/C24H23N5O/c25-15-20-8-2-3-9-22(20)18-29-23(30)21(11-10-19-7-6-12-26-16-19)17-27-24(29)28-13-4-1-5-14-28/h2-3,6-12,16-17H,1,4-5,13-14,18H2/b11-10+. The first-order chi connectivity index (χ1) is 14.8. The Labute approximate surface area is 175 Å². The Kier molecular flexibility index (Phi) is 6.00. The molecule has 6 heteroatoms. The monoisotopic (exact) mass is 397 g/mol. The van der Waals surface area contributed by atoms with Crippen molar-refractivity contribution in [2.24, 2.45) is 0 Å². The summed E-state index contributed by atoms with van der Waals surface area (Å²) in [6, 6.07) is 13.4. The number of pyridine rings is 1. The summed E-state index contributed by atoms with van der Waals surface area (Å²) < 4.78 is 1.70. The lowest BCUT2D eigenvalue weighted by Gasteiger charge is -2.29. The molecule has 3 aromatic rings. The van der Waals surface area contributed by atoms with Crippen molar-refractivity contribution in [3.05, 3.63) is 87.6 Å². The van der Waals surface area contributed by atoms with Gasteiger partial charge in [-0.3, -0.25) is 14.3 Å². The number of nitrogens with zero attached hydrogens (tertiary/aromatic N) is 5. The highest BCUT2D eigenvalue weighted by molar-refractivity contribution is 5.68. The van der Waals surface area contributed by atoms with Gasteiger partial charge in [0.2, 0.25) is 5.95 Å². The third-order valence-electron chi connectivity index (χ3n) is 5.30. The summed E-state index contributed by atoms with van der Waals surface area (Å²) >= 11 is 0. The maximum atomic E-state index is 13.4. The van der Waals surface area contributed by atoms with E-state index in [1.54, 1.807) is 35.3 Å². The van der Waals surface area contributed by atoms with Crippen LogP contribution in [0.4, 0.5) is 5.95 Å². The molecule has 1 saturated heterocycles. The van der Waals surface area contributed by atoms with Gasteiger partial charge in [0.1, 0.15) is 0 Å². The average Bonchev–Trinajstić information content (AvgIpc) is 2.81. The zero-order valence-electron chi connectivity index (χ0n) is 16.7. The molecule has 0 radical (unpaired) electrons. The van der Waals surface area contributed by atoms with Crippen LogP contribution < -0.4 is 10.5 Å². The van der Waals surface area contributed by atoms with E-state index >= 15 is 0 Å². The van der Waals surface area contributed by atoms with Crippen molar-refractivity contribution < 1.29 is 0 Å². The molecule has 4 rings (SSSR count). The van der Waals surface area contributed by atoms with Gasteiger partial charge in [0.05, 0.1) is 23.7 Å². The molecule has 0 aliphatic carbocycles. The normalized spacial score (nSPS) is 14.0. The lowest BCUT2D eigenvalue weighted by atomic mass is 10.1. The Bertz CT molecular complexity index is 1140. The van der Waals surface area contributed by atoms with Crippen LogP contribution in [-0.2, 0) is 6.54 Å². The van der Waals surface area contributed by atoms with Crippen molar-refractivity contribution in [3.8, 4) is 6.07 Å². The zero-order chi connectivity index (χ0) is 20.8. The van der Waals surface area contributed by atoms with E-state index in [4.69, 9.17) is 0 Å². The minimum atomic E-state index is -0.113. The second-order valence-corrected chi connectivity index (χ2v) is 7.34. The summed E-state index contributed by atoms with van der Waals surface area (Å²) in [5.74, 6) is 0.672. The number of hydrogen-bond donors (Lipinski definition) is 0. The van der Waals surface area contributed by atoms with Crippen LogP contribution in [0.5, 0.6) is 0 Å². The molecule has 150 valence electrons. The zero-order valence-corrected chi connectivity index (χ0v) is 16.7. The third-order valence-corrected chi connectivity index (χ3v) is 5.30. The molecule has 0 saturated carbocycles. The predicted molar refractivity (Wildman–Crippen MR) is 118 cm³/mol. The average molecular weight is 397 g/mol. The number of rotatable bonds is 5. The van der Waals surface area contributed by atoms with Gasteiger partial charge in [-0.1, -0.05) is 30.3 Å². The number of aromatic nitrogens is 3. The van der Waals surface area contributed by atoms with Crippen molar-refractivity contribution in [1.29, 1.82) is 5.26 Å². The van der Waals surface area contributed by atoms with Crippen molar-refractivity contribution in [2.75, 3.05) is 18.0 Å². The molecular formula is C24H23N5O. The smallest absolute Gasteiger partial charge is 0.262 e. The van der Waals surface area contributed by atoms with Gasteiger partial charge in [-0.25, -0.2) is 4.98 Å².